The van der Waals surface area contributed by atoms with Crippen LogP contribution in [0.15, 0.2) is 42.0 Å². The number of pyridine rings is 1. The molecule has 0 saturated carbocycles. The fourth-order valence-corrected chi connectivity index (χ4v) is 3.37. The summed E-state index contributed by atoms with van der Waals surface area (Å²) < 4.78 is 26.8. The van der Waals surface area contributed by atoms with Gasteiger partial charge in [0.25, 0.3) is 0 Å². The number of hydrogen-bond acceptors (Lipinski definition) is 8. The monoisotopic (exact) mass is 398 g/mol. The van der Waals surface area contributed by atoms with Crippen molar-refractivity contribution in [2.45, 2.75) is 6.42 Å². The molecule has 1 aliphatic heterocycles. The lowest BCUT2D eigenvalue weighted by Crippen LogP contribution is -2.27. The van der Waals surface area contributed by atoms with Crippen LogP contribution in [0.25, 0.3) is 0 Å². The molecule has 1 aliphatic rings. The van der Waals surface area contributed by atoms with Gasteiger partial charge in [0.15, 0.2) is 11.6 Å². The van der Waals surface area contributed by atoms with Crippen LogP contribution in [0.5, 0.6) is 0 Å². The van der Waals surface area contributed by atoms with Crippen molar-refractivity contribution in [2.24, 2.45) is 12.0 Å². The van der Waals surface area contributed by atoms with E-state index >= 15 is 0 Å². The highest BCUT2D eigenvalue weighted by atomic mass is 32.2. The Morgan fingerprint density at radius 1 is 1.25 bits per heavy atom. The van der Waals surface area contributed by atoms with Crippen molar-refractivity contribution in [3.63, 3.8) is 0 Å². The summed E-state index contributed by atoms with van der Waals surface area (Å²) >= 11 is 0. The highest BCUT2D eigenvalue weighted by Gasteiger charge is 2.26. The Labute approximate surface area is 162 Å². The van der Waals surface area contributed by atoms with E-state index in [0.717, 1.165) is 21.8 Å². The Morgan fingerprint density at radius 3 is 2.79 bits per heavy atom. The van der Waals surface area contributed by atoms with E-state index in [-0.39, 0.29) is 0 Å². The number of sulfonamides is 1. The van der Waals surface area contributed by atoms with Crippen LogP contribution in [0.1, 0.15) is 11.1 Å². The van der Waals surface area contributed by atoms with E-state index in [1.54, 1.807) is 29.2 Å². The van der Waals surface area contributed by atoms with Crippen LogP contribution in [0, 0.1) is 0 Å². The lowest BCUT2D eigenvalue weighted by atomic mass is 10.1. The second-order valence-electron chi connectivity index (χ2n) is 6.39. The minimum atomic E-state index is -3.46. The van der Waals surface area contributed by atoms with E-state index in [1.165, 1.54) is 13.4 Å². The van der Waals surface area contributed by atoms with Gasteiger partial charge < -0.3 is 5.32 Å². The van der Waals surface area contributed by atoms with Gasteiger partial charge in [0.2, 0.25) is 10.0 Å². The second kappa shape index (κ2) is 6.68. The molecule has 0 atom stereocenters. The molecule has 0 amide bonds. The van der Waals surface area contributed by atoms with Crippen LogP contribution in [0.3, 0.4) is 0 Å². The molecule has 0 aromatic carbocycles. The van der Waals surface area contributed by atoms with Crippen molar-refractivity contribution in [3.05, 3.63) is 48.2 Å². The number of hydrogen-bond donors (Lipinski definition) is 1. The summed E-state index contributed by atoms with van der Waals surface area (Å²) in [5, 5.41) is 7.36. The van der Waals surface area contributed by atoms with Gasteiger partial charge >= 0.3 is 0 Å². The lowest BCUT2D eigenvalue weighted by Gasteiger charge is -2.18. The average molecular weight is 398 g/mol. The van der Waals surface area contributed by atoms with Crippen LogP contribution < -0.4 is 9.62 Å². The maximum absolute atomic E-state index is 12.0. The third-order valence-corrected chi connectivity index (χ3v) is 5.54. The predicted octanol–water partition coefficient (Wildman–Crippen LogP) is 1.42. The molecule has 144 valence electrons. The van der Waals surface area contributed by atoms with Crippen molar-refractivity contribution in [3.8, 4) is 0 Å². The smallest absolute Gasteiger partial charge is 0.233 e. The van der Waals surface area contributed by atoms with E-state index in [9.17, 15) is 8.42 Å². The number of nitrogens with zero attached hydrogens (tertiary/aromatic N) is 7. The fraction of sp³-hybridized carbons (Fsp3) is 0.235. The minimum Gasteiger partial charge on any atom is -0.337 e. The number of aliphatic imine (C=N–C) groups is 1. The van der Waals surface area contributed by atoms with Gasteiger partial charge in [0, 0.05) is 44.0 Å². The summed E-state index contributed by atoms with van der Waals surface area (Å²) in [5.41, 5.74) is 2.96. The second-order valence-corrected chi connectivity index (χ2v) is 8.41. The Hall–Kier alpha value is -3.34. The molecule has 0 aliphatic carbocycles. The highest BCUT2D eigenvalue weighted by Crippen LogP contribution is 2.34. The lowest BCUT2D eigenvalue weighted by molar-refractivity contribution is 0.600. The largest absolute Gasteiger partial charge is 0.337 e. The topological polar surface area (TPSA) is 118 Å². The Balaban J connectivity index is 1.69. The van der Waals surface area contributed by atoms with Crippen LogP contribution in [-0.2, 0) is 23.5 Å². The fourth-order valence-electron chi connectivity index (χ4n) is 2.91. The highest BCUT2D eigenvalue weighted by molar-refractivity contribution is 7.92. The number of anilines is 3. The summed E-state index contributed by atoms with van der Waals surface area (Å²) in [5.74, 6) is 1.51. The van der Waals surface area contributed by atoms with Gasteiger partial charge in [-0.15, -0.1) is 0 Å². The predicted molar refractivity (Wildman–Crippen MR) is 106 cm³/mol. The van der Waals surface area contributed by atoms with Crippen molar-refractivity contribution in [1.82, 2.24) is 24.7 Å². The van der Waals surface area contributed by atoms with Gasteiger partial charge in [-0.1, -0.05) is 0 Å². The molecule has 3 aromatic heterocycles. The van der Waals surface area contributed by atoms with Gasteiger partial charge in [0.1, 0.15) is 12.1 Å². The molecule has 1 N–H and O–H groups in total. The van der Waals surface area contributed by atoms with Crippen LogP contribution in [0.4, 0.5) is 23.1 Å². The molecule has 0 fully saturated rings. The summed E-state index contributed by atoms with van der Waals surface area (Å²) in [6, 6.07) is 3.55. The first kappa shape index (κ1) is 18.0. The van der Waals surface area contributed by atoms with E-state index in [4.69, 9.17) is 0 Å². The zero-order chi connectivity index (χ0) is 19.9. The summed E-state index contributed by atoms with van der Waals surface area (Å²) in [4.78, 5) is 17.4. The molecule has 0 radical (unpaired) electrons. The van der Waals surface area contributed by atoms with Gasteiger partial charge in [-0.05, 0) is 12.1 Å². The summed E-state index contributed by atoms with van der Waals surface area (Å²) in [6.45, 7) is 0. The third kappa shape index (κ3) is 3.31. The van der Waals surface area contributed by atoms with E-state index in [1.807, 2.05) is 13.2 Å². The molecule has 4 heterocycles. The van der Waals surface area contributed by atoms with Crippen molar-refractivity contribution >= 4 is 38.9 Å². The normalized spacial score (nSPS) is 13.2. The first-order valence-electron chi connectivity index (χ1n) is 8.39. The number of nitrogens with one attached hydrogen (secondary N) is 1. The Kier molecular flexibility index (Phi) is 4.30. The number of fused-ring (bicyclic) bond motifs is 1. The van der Waals surface area contributed by atoms with E-state index in [2.05, 4.69) is 30.4 Å². The standard InChI is InChI=1S/C17H18N8O2S/c1-24-9-11(8-21-24)22-15-13-7-14(23-16(13)20-10-19-15)12-5-4-6-18-17(12)25(2)28(3,26)27/h4-6,8-10H,7H2,1-3H3,(H,19,20,22). The first-order valence-corrected chi connectivity index (χ1v) is 10.2. The molecular formula is C17H18N8O2S. The van der Waals surface area contributed by atoms with Gasteiger partial charge in [-0.3, -0.25) is 8.99 Å². The van der Waals surface area contributed by atoms with E-state index < -0.39 is 10.0 Å². The van der Waals surface area contributed by atoms with Gasteiger partial charge in [-0.2, -0.15) is 5.10 Å². The molecule has 3 aromatic rings. The molecule has 10 nitrogen and oxygen atoms in total. The molecule has 11 heteroatoms. The molecule has 28 heavy (non-hydrogen) atoms. The van der Waals surface area contributed by atoms with Crippen molar-refractivity contribution < 1.29 is 8.42 Å². The zero-order valence-corrected chi connectivity index (χ0v) is 16.3. The molecule has 0 unspecified atom stereocenters. The average Bonchev–Trinajstić information content (AvgIpc) is 3.27. The number of aromatic nitrogens is 5. The molecule has 0 spiro atoms. The maximum atomic E-state index is 12.0. The Bertz CT molecular complexity index is 1190. The van der Waals surface area contributed by atoms with Gasteiger partial charge in [-0.25, -0.2) is 28.4 Å². The summed E-state index contributed by atoms with van der Waals surface area (Å²) in [6.07, 6.45) is 8.12. The molecular weight excluding hydrogens is 380 g/mol. The minimum absolute atomic E-state index is 0.325. The van der Waals surface area contributed by atoms with Crippen molar-refractivity contribution in [1.29, 1.82) is 0 Å². The zero-order valence-electron chi connectivity index (χ0n) is 15.5. The molecule has 4 rings (SSSR count). The van der Waals surface area contributed by atoms with Gasteiger partial charge in [0.05, 0.1) is 23.9 Å². The SMILES string of the molecule is CN(c1ncccc1C1=Nc2ncnc(Nc3cnn(C)c3)c2C1)S(C)(=O)=O. The Morgan fingerprint density at radius 2 is 2.07 bits per heavy atom. The third-order valence-electron chi connectivity index (χ3n) is 4.37. The van der Waals surface area contributed by atoms with E-state index in [0.29, 0.717) is 35.1 Å². The van der Waals surface area contributed by atoms with Crippen LogP contribution in [0.2, 0.25) is 0 Å². The molecule has 0 bridgehead atoms. The van der Waals surface area contributed by atoms with Crippen LogP contribution >= 0.6 is 0 Å². The first-order chi connectivity index (χ1) is 13.3. The quantitative estimate of drug-likeness (QED) is 0.690. The van der Waals surface area contributed by atoms with Crippen LogP contribution in [-0.4, -0.2) is 52.2 Å². The number of rotatable bonds is 5. The number of aryl methyl sites for hydroxylation is 1. The molecule has 0 saturated heterocycles. The maximum Gasteiger partial charge on any atom is 0.233 e. The van der Waals surface area contributed by atoms with Crippen molar-refractivity contribution in [2.75, 3.05) is 22.9 Å². The summed E-state index contributed by atoms with van der Waals surface area (Å²) in [7, 11) is -0.152.